The van der Waals surface area contributed by atoms with E-state index in [0.717, 1.165) is 5.39 Å². The zero-order valence-corrected chi connectivity index (χ0v) is 10.8. The molecule has 0 heterocycles. The number of nitrogens with zero attached hydrogens (tertiary/aromatic N) is 1. The first-order valence-electron chi connectivity index (χ1n) is 6.08. The van der Waals surface area contributed by atoms with Crippen LogP contribution in [0, 0.1) is 5.92 Å². The molecule has 4 nitrogen and oxygen atoms in total. The van der Waals surface area contributed by atoms with E-state index in [9.17, 15) is 13.2 Å². The Kier molecular flexibility index (Phi) is 4.21. The summed E-state index contributed by atoms with van der Waals surface area (Å²) >= 11 is 0. The summed E-state index contributed by atoms with van der Waals surface area (Å²) in [6, 6.07) is 12.2. The van der Waals surface area contributed by atoms with Crippen LogP contribution in [-0.2, 0) is 0 Å². The van der Waals surface area contributed by atoms with Gasteiger partial charge in [0.2, 0.25) is 0 Å². The Morgan fingerprint density at radius 2 is 1.86 bits per heavy atom. The van der Waals surface area contributed by atoms with Gasteiger partial charge in [-0.3, -0.25) is 0 Å². The Hall–Kier alpha value is -2.44. The number of hydrogen-bond donors (Lipinski definition) is 2. The highest BCUT2D eigenvalue weighted by atomic mass is 19.4. The SMILES string of the molecule is N/C(=N/O)C(COc1cccc2ccccc12)C(F)(F)F. The van der Waals surface area contributed by atoms with Crippen molar-refractivity contribution >= 4 is 16.6 Å². The van der Waals surface area contributed by atoms with E-state index in [1.54, 1.807) is 24.3 Å². The van der Waals surface area contributed by atoms with Gasteiger partial charge < -0.3 is 15.7 Å². The van der Waals surface area contributed by atoms with Gasteiger partial charge in [0.15, 0.2) is 5.84 Å². The van der Waals surface area contributed by atoms with Gasteiger partial charge in [-0.1, -0.05) is 41.6 Å². The molecular formula is C14H13F3N2O2. The van der Waals surface area contributed by atoms with Crippen LogP contribution in [-0.4, -0.2) is 23.8 Å². The van der Waals surface area contributed by atoms with Gasteiger partial charge in [0.25, 0.3) is 0 Å². The third kappa shape index (κ3) is 3.36. The zero-order valence-electron chi connectivity index (χ0n) is 10.8. The largest absolute Gasteiger partial charge is 0.492 e. The van der Waals surface area contributed by atoms with Crippen molar-refractivity contribution in [3.8, 4) is 5.75 Å². The van der Waals surface area contributed by atoms with Crippen LogP contribution < -0.4 is 10.5 Å². The Morgan fingerprint density at radius 3 is 2.52 bits per heavy atom. The summed E-state index contributed by atoms with van der Waals surface area (Å²) in [4.78, 5) is 0. The van der Waals surface area contributed by atoms with E-state index >= 15 is 0 Å². The maximum atomic E-state index is 12.8. The molecule has 0 amide bonds. The monoisotopic (exact) mass is 298 g/mol. The summed E-state index contributed by atoms with van der Waals surface area (Å²) in [5.74, 6) is -2.78. The van der Waals surface area contributed by atoms with Gasteiger partial charge >= 0.3 is 6.18 Å². The van der Waals surface area contributed by atoms with Gasteiger partial charge in [0, 0.05) is 5.39 Å². The second kappa shape index (κ2) is 5.90. The lowest BCUT2D eigenvalue weighted by Gasteiger charge is -2.19. The maximum absolute atomic E-state index is 12.8. The van der Waals surface area contributed by atoms with E-state index in [4.69, 9.17) is 15.7 Å². The van der Waals surface area contributed by atoms with Crippen LogP contribution in [0.4, 0.5) is 13.2 Å². The molecule has 0 fully saturated rings. The van der Waals surface area contributed by atoms with Gasteiger partial charge in [-0.25, -0.2) is 0 Å². The number of fused-ring (bicyclic) bond motifs is 1. The average molecular weight is 298 g/mol. The number of hydrogen-bond acceptors (Lipinski definition) is 3. The lowest BCUT2D eigenvalue weighted by Crippen LogP contribution is -2.40. The van der Waals surface area contributed by atoms with Gasteiger partial charge in [0.1, 0.15) is 18.3 Å². The van der Waals surface area contributed by atoms with E-state index in [2.05, 4.69) is 5.16 Å². The number of halogens is 3. The first-order chi connectivity index (χ1) is 9.93. The predicted octanol–water partition coefficient (Wildman–Crippen LogP) is 3.14. The van der Waals surface area contributed by atoms with Crippen LogP contribution in [0.25, 0.3) is 10.8 Å². The smallest absolute Gasteiger partial charge is 0.402 e. The lowest BCUT2D eigenvalue weighted by atomic mass is 10.1. The third-order valence-corrected chi connectivity index (χ3v) is 3.02. The lowest BCUT2D eigenvalue weighted by molar-refractivity contribution is -0.162. The minimum Gasteiger partial charge on any atom is -0.492 e. The van der Waals surface area contributed by atoms with Crippen LogP contribution in [0.1, 0.15) is 0 Å². The molecule has 0 saturated heterocycles. The molecule has 112 valence electrons. The summed E-state index contributed by atoms with van der Waals surface area (Å²) in [6.45, 7) is -0.757. The molecule has 1 unspecified atom stereocenters. The second-order valence-corrected chi connectivity index (χ2v) is 4.41. The fourth-order valence-corrected chi connectivity index (χ4v) is 1.91. The van der Waals surface area contributed by atoms with Crippen molar-refractivity contribution in [2.24, 2.45) is 16.8 Å². The molecule has 0 spiro atoms. The topological polar surface area (TPSA) is 67.8 Å². The first kappa shape index (κ1) is 15.0. The number of nitrogens with two attached hydrogens (primary N) is 1. The minimum absolute atomic E-state index is 0.313. The molecule has 0 bridgehead atoms. The van der Waals surface area contributed by atoms with Gasteiger partial charge in [-0.2, -0.15) is 13.2 Å². The van der Waals surface area contributed by atoms with Crippen LogP contribution in [0.15, 0.2) is 47.6 Å². The van der Waals surface area contributed by atoms with E-state index < -0.39 is 24.5 Å². The summed E-state index contributed by atoms with van der Waals surface area (Å²) < 4.78 is 43.7. The summed E-state index contributed by atoms with van der Waals surface area (Å²) in [7, 11) is 0. The molecule has 0 radical (unpaired) electrons. The highest BCUT2D eigenvalue weighted by molar-refractivity contribution is 5.88. The molecule has 2 rings (SSSR count). The number of oxime groups is 1. The number of ether oxygens (including phenoxy) is 1. The molecule has 0 saturated carbocycles. The van der Waals surface area contributed by atoms with Crippen LogP contribution >= 0.6 is 0 Å². The molecule has 3 N–H and O–H groups in total. The van der Waals surface area contributed by atoms with Gasteiger partial charge in [-0.05, 0) is 11.5 Å². The molecule has 21 heavy (non-hydrogen) atoms. The molecular weight excluding hydrogens is 285 g/mol. The summed E-state index contributed by atoms with van der Waals surface area (Å²) in [5, 5.41) is 12.4. The average Bonchev–Trinajstić information content (AvgIpc) is 2.46. The van der Waals surface area contributed by atoms with Crippen LogP contribution in [0.3, 0.4) is 0 Å². The normalized spacial score (nSPS) is 14.1. The molecule has 7 heteroatoms. The standard InChI is InChI=1S/C14H13F3N2O2/c15-14(16,17)11(13(18)19-20)8-21-12-7-3-5-9-4-1-2-6-10(9)12/h1-7,11,20H,8H2,(H2,18,19). The minimum atomic E-state index is -4.65. The van der Waals surface area contributed by atoms with Crippen molar-refractivity contribution in [1.82, 2.24) is 0 Å². The van der Waals surface area contributed by atoms with Crippen molar-refractivity contribution in [1.29, 1.82) is 0 Å². The van der Waals surface area contributed by atoms with Crippen molar-refractivity contribution in [2.75, 3.05) is 6.61 Å². The second-order valence-electron chi connectivity index (χ2n) is 4.41. The van der Waals surface area contributed by atoms with Crippen molar-refractivity contribution in [3.05, 3.63) is 42.5 Å². The summed E-state index contributed by atoms with van der Waals surface area (Å²) in [6.07, 6.45) is -4.65. The van der Waals surface area contributed by atoms with Crippen molar-refractivity contribution in [2.45, 2.75) is 6.18 Å². The maximum Gasteiger partial charge on any atom is 0.402 e. The Balaban J connectivity index is 2.24. The quantitative estimate of drug-likeness (QED) is 0.394. The molecule has 1 atom stereocenters. The van der Waals surface area contributed by atoms with Crippen LogP contribution in [0.2, 0.25) is 0 Å². The Morgan fingerprint density at radius 1 is 1.19 bits per heavy atom. The van der Waals surface area contributed by atoms with E-state index in [1.165, 1.54) is 0 Å². The fourth-order valence-electron chi connectivity index (χ4n) is 1.91. The zero-order chi connectivity index (χ0) is 15.5. The number of benzene rings is 2. The molecule has 0 aromatic heterocycles. The number of amidine groups is 1. The number of alkyl halides is 3. The fraction of sp³-hybridized carbons (Fsp3) is 0.214. The molecule has 2 aromatic rings. The molecule has 2 aromatic carbocycles. The van der Waals surface area contributed by atoms with E-state index in [-0.39, 0.29) is 0 Å². The Bertz CT molecular complexity index is 651. The van der Waals surface area contributed by atoms with E-state index in [0.29, 0.717) is 11.1 Å². The van der Waals surface area contributed by atoms with Gasteiger partial charge in [0.05, 0.1) is 0 Å². The first-order valence-corrected chi connectivity index (χ1v) is 6.08. The van der Waals surface area contributed by atoms with Crippen molar-refractivity contribution in [3.63, 3.8) is 0 Å². The highest BCUT2D eigenvalue weighted by Crippen LogP contribution is 2.30. The summed E-state index contributed by atoms with van der Waals surface area (Å²) in [5.41, 5.74) is 5.08. The van der Waals surface area contributed by atoms with Gasteiger partial charge in [-0.15, -0.1) is 0 Å². The predicted molar refractivity (Wildman–Crippen MR) is 72.4 cm³/mol. The molecule has 0 aliphatic carbocycles. The highest BCUT2D eigenvalue weighted by Gasteiger charge is 2.43. The van der Waals surface area contributed by atoms with Crippen LogP contribution in [0.5, 0.6) is 5.75 Å². The number of rotatable bonds is 4. The molecule has 0 aliphatic rings. The Labute approximate surface area is 118 Å². The van der Waals surface area contributed by atoms with Crippen molar-refractivity contribution < 1.29 is 23.1 Å². The van der Waals surface area contributed by atoms with E-state index in [1.807, 2.05) is 18.2 Å². The molecule has 0 aliphatic heterocycles. The third-order valence-electron chi connectivity index (χ3n) is 3.02.